The van der Waals surface area contributed by atoms with Crippen LogP contribution < -0.4 is 10.9 Å². The van der Waals surface area contributed by atoms with Gasteiger partial charge >= 0.3 is 0 Å². The van der Waals surface area contributed by atoms with Crippen LogP contribution >= 0.6 is 23.5 Å². The molecule has 0 spiro atoms. The Labute approximate surface area is 172 Å². The van der Waals surface area contributed by atoms with Crippen LogP contribution in [0, 0.1) is 5.92 Å². The smallest absolute Gasteiger partial charge is 0.251 e. The molecule has 2 N–H and O–H groups in total. The quantitative estimate of drug-likeness (QED) is 0.367. The average Bonchev–Trinajstić information content (AvgIpc) is 3.50. The molecule has 1 saturated carbocycles. The number of anilines is 1. The number of Topliss-reactive ketones (excluding diaryl/α,β-unsaturated/α-hetero) is 1. The number of ketones is 1. The fraction of sp³-hybridized carbons (Fsp3) is 0.400. The highest BCUT2D eigenvalue weighted by Gasteiger charge is 2.29. The van der Waals surface area contributed by atoms with Crippen LogP contribution in [0.25, 0.3) is 0 Å². The minimum atomic E-state index is -0.208. The summed E-state index contributed by atoms with van der Waals surface area (Å²) >= 11 is 2.93. The number of hydrogen-bond acceptors (Lipinski definition) is 6. The average molecular weight is 418 g/mol. The van der Waals surface area contributed by atoms with Crippen molar-refractivity contribution in [1.82, 2.24) is 9.97 Å². The van der Waals surface area contributed by atoms with E-state index < -0.39 is 0 Å². The number of rotatable bonds is 9. The number of thioether (sulfide) groups is 2. The van der Waals surface area contributed by atoms with Gasteiger partial charge in [-0.15, -0.1) is 0 Å². The number of amides is 1. The standard InChI is InChI=1S/C20H23N3O3S2/c1-12(2)27-10-16-9-18(25)23-20(22-16)28-11-17(24)13-5-7-15(8-6-13)21-19(26)14-3-4-14/h5-9,12,14H,3-4,10-11H2,1-2H3,(H,21,26)(H,22,23,25). The van der Waals surface area contributed by atoms with E-state index >= 15 is 0 Å². The van der Waals surface area contributed by atoms with E-state index in [0.717, 1.165) is 12.8 Å². The first kappa shape index (κ1) is 20.7. The molecule has 1 aliphatic carbocycles. The topological polar surface area (TPSA) is 91.9 Å². The van der Waals surface area contributed by atoms with E-state index in [1.807, 2.05) is 0 Å². The number of benzene rings is 1. The van der Waals surface area contributed by atoms with Crippen LogP contribution in [0.1, 0.15) is 42.7 Å². The molecule has 1 aliphatic rings. The Morgan fingerprint density at radius 3 is 2.61 bits per heavy atom. The van der Waals surface area contributed by atoms with Gasteiger partial charge in [0, 0.05) is 29.0 Å². The van der Waals surface area contributed by atoms with Gasteiger partial charge in [0.1, 0.15) is 0 Å². The van der Waals surface area contributed by atoms with Crippen LogP contribution in [-0.4, -0.2) is 32.7 Å². The third-order valence-corrected chi connectivity index (χ3v) is 6.10. The Morgan fingerprint density at radius 2 is 1.96 bits per heavy atom. The zero-order valence-electron chi connectivity index (χ0n) is 15.9. The molecule has 28 heavy (non-hydrogen) atoms. The second-order valence-corrected chi connectivity index (χ2v) is 9.48. The summed E-state index contributed by atoms with van der Waals surface area (Å²) < 4.78 is 0. The number of hydrogen-bond donors (Lipinski definition) is 2. The van der Waals surface area contributed by atoms with Crippen molar-refractivity contribution in [3.8, 4) is 0 Å². The third-order valence-electron chi connectivity index (χ3n) is 4.10. The van der Waals surface area contributed by atoms with E-state index in [1.165, 1.54) is 17.8 Å². The van der Waals surface area contributed by atoms with Crippen molar-refractivity contribution in [2.45, 2.75) is 42.8 Å². The van der Waals surface area contributed by atoms with E-state index in [9.17, 15) is 14.4 Å². The maximum atomic E-state index is 12.4. The molecule has 8 heteroatoms. The Kier molecular flexibility index (Phi) is 6.96. The van der Waals surface area contributed by atoms with Crippen molar-refractivity contribution in [2.24, 2.45) is 5.92 Å². The lowest BCUT2D eigenvalue weighted by molar-refractivity contribution is -0.117. The van der Waals surface area contributed by atoms with E-state index in [4.69, 9.17) is 0 Å². The monoisotopic (exact) mass is 417 g/mol. The largest absolute Gasteiger partial charge is 0.326 e. The molecule has 1 aromatic heterocycles. The van der Waals surface area contributed by atoms with E-state index in [0.29, 0.717) is 33.1 Å². The first-order valence-corrected chi connectivity index (χ1v) is 11.2. The molecule has 148 valence electrons. The van der Waals surface area contributed by atoms with Crippen LogP contribution in [0.2, 0.25) is 0 Å². The predicted molar refractivity (Wildman–Crippen MR) is 114 cm³/mol. The molecule has 0 saturated heterocycles. The molecule has 0 unspecified atom stereocenters. The normalized spacial score (nSPS) is 13.5. The summed E-state index contributed by atoms with van der Waals surface area (Å²) in [5.41, 5.74) is 1.77. The summed E-state index contributed by atoms with van der Waals surface area (Å²) in [7, 11) is 0. The number of carbonyl (C=O) groups is 2. The minimum Gasteiger partial charge on any atom is -0.326 e. The number of H-pyrrole nitrogens is 1. The first-order chi connectivity index (χ1) is 13.4. The summed E-state index contributed by atoms with van der Waals surface area (Å²) in [6, 6.07) is 8.38. The fourth-order valence-electron chi connectivity index (χ4n) is 2.42. The summed E-state index contributed by atoms with van der Waals surface area (Å²) in [5, 5.41) is 3.76. The van der Waals surface area contributed by atoms with Crippen molar-refractivity contribution in [1.29, 1.82) is 0 Å². The zero-order valence-corrected chi connectivity index (χ0v) is 17.5. The van der Waals surface area contributed by atoms with Crippen molar-refractivity contribution in [2.75, 3.05) is 11.1 Å². The second kappa shape index (κ2) is 9.43. The van der Waals surface area contributed by atoms with Crippen molar-refractivity contribution in [3.63, 3.8) is 0 Å². The lowest BCUT2D eigenvalue weighted by Crippen LogP contribution is -2.13. The Balaban J connectivity index is 1.56. The van der Waals surface area contributed by atoms with Crippen molar-refractivity contribution in [3.05, 3.63) is 51.9 Å². The third kappa shape index (κ3) is 6.24. The second-order valence-electron chi connectivity index (χ2n) is 6.95. The summed E-state index contributed by atoms with van der Waals surface area (Å²) in [5.74, 6) is 0.964. The van der Waals surface area contributed by atoms with E-state index in [1.54, 1.807) is 36.0 Å². The molecule has 1 amide bonds. The molecular weight excluding hydrogens is 394 g/mol. The highest BCUT2D eigenvalue weighted by molar-refractivity contribution is 7.99. The maximum absolute atomic E-state index is 12.4. The van der Waals surface area contributed by atoms with E-state index in [-0.39, 0.29) is 28.9 Å². The van der Waals surface area contributed by atoms with Crippen molar-refractivity contribution >= 4 is 40.9 Å². The molecule has 0 atom stereocenters. The van der Waals surface area contributed by atoms with Crippen LogP contribution in [0.3, 0.4) is 0 Å². The zero-order chi connectivity index (χ0) is 20.1. The lowest BCUT2D eigenvalue weighted by atomic mass is 10.1. The SMILES string of the molecule is CC(C)SCc1cc(=O)[nH]c(SCC(=O)c2ccc(NC(=O)C3CC3)cc2)n1. The highest BCUT2D eigenvalue weighted by Crippen LogP contribution is 2.30. The van der Waals surface area contributed by atoms with Gasteiger partial charge in [-0.1, -0.05) is 25.6 Å². The summed E-state index contributed by atoms with van der Waals surface area (Å²) in [6.45, 7) is 4.18. The van der Waals surface area contributed by atoms with Gasteiger partial charge in [0.2, 0.25) is 5.91 Å². The molecule has 2 aromatic rings. The Morgan fingerprint density at radius 1 is 1.25 bits per heavy atom. The first-order valence-electron chi connectivity index (χ1n) is 9.19. The van der Waals surface area contributed by atoms with Gasteiger partial charge in [-0.25, -0.2) is 4.98 Å². The number of aromatic nitrogens is 2. The van der Waals surface area contributed by atoms with Gasteiger partial charge in [-0.3, -0.25) is 14.4 Å². The molecular formula is C20H23N3O3S2. The van der Waals surface area contributed by atoms with Crippen LogP contribution in [-0.2, 0) is 10.5 Å². The fourth-order valence-corrected chi connectivity index (χ4v) is 3.87. The molecule has 3 rings (SSSR count). The molecule has 1 fully saturated rings. The molecule has 1 aromatic carbocycles. The molecule has 0 aliphatic heterocycles. The van der Waals surface area contributed by atoms with Crippen LogP contribution in [0.5, 0.6) is 0 Å². The maximum Gasteiger partial charge on any atom is 0.251 e. The van der Waals surface area contributed by atoms with Gasteiger partial charge in [0.15, 0.2) is 10.9 Å². The molecule has 0 bridgehead atoms. The molecule has 1 heterocycles. The number of nitrogens with zero attached hydrogens (tertiary/aromatic N) is 1. The Bertz CT molecular complexity index is 906. The predicted octanol–water partition coefficient (Wildman–Crippen LogP) is 3.74. The van der Waals surface area contributed by atoms with Gasteiger partial charge in [-0.2, -0.15) is 11.8 Å². The van der Waals surface area contributed by atoms with E-state index in [2.05, 4.69) is 29.1 Å². The summed E-state index contributed by atoms with van der Waals surface area (Å²) in [4.78, 5) is 43.1. The van der Waals surface area contributed by atoms with Crippen LogP contribution in [0.4, 0.5) is 5.69 Å². The van der Waals surface area contributed by atoms with Crippen LogP contribution in [0.15, 0.2) is 40.3 Å². The van der Waals surface area contributed by atoms with Gasteiger partial charge in [-0.05, 0) is 42.4 Å². The number of nitrogens with one attached hydrogen (secondary N) is 2. The van der Waals surface area contributed by atoms with Gasteiger partial charge in [0.25, 0.3) is 5.56 Å². The van der Waals surface area contributed by atoms with Gasteiger partial charge in [0.05, 0.1) is 11.4 Å². The number of carbonyl (C=O) groups excluding carboxylic acids is 2. The lowest BCUT2D eigenvalue weighted by Gasteiger charge is -2.07. The van der Waals surface area contributed by atoms with Crippen molar-refractivity contribution < 1.29 is 9.59 Å². The molecule has 0 radical (unpaired) electrons. The van der Waals surface area contributed by atoms with Gasteiger partial charge < -0.3 is 10.3 Å². The summed E-state index contributed by atoms with van der Waals surface area (Å²) in [6.07, 6.45) is 1.90. The Hall–Kier alpha value is -2.06. The highest BCUT2D eigenvalue weighted by atomic mass is 32.2. The molecule has 6 nitrogen and oxygen atoms in total. The minimum absolute atomic E-state index is 0.0418. The number of aromatic amines is 1.